The smallest absolute Gasteiger partial charge is 0.191 e. The number of nitrogens with two attached hydrogens (primary N) is 1. The van der Waals surface area contributed by atoms with Crippen molar-refractivity contribution in [3.05, 3.63) is 47.6 Å². The average Bonchev–Trinajstić information content (AvgIpc) is 3.29. The molecule has 4 rings (SSSR count). The number of aliphatic imine (C=N–C) groups is 1. The van der Waals surface area contributed by atoms with Crippen LogP contribution < -0.4 is 10.6 Å². The van der Waals surface area contributed by atoms with E-state index in [1.165, 1.54) is 5.39 Å². The highest BCUT2D eigenvalue weighted by Crippen LogP contribution is 2.19. The monoisotopic (exact) mass is 468 g/mol. The highest BCUT2D eigenvalue weighted by Gasteiger charge is 2.19. The number of rotatable bonds is 3. The van der Waals surface area contributed by atoms with E-state index in [4.69, 9.17) is 5.73 Å². The molecule has 25 heavy (non-hydrogen) atoms. The van der Waals surface area contributed by atoms with Crippen molar-refractivity contribution in [2.45, 2.75) is 6.54 Å². The normalized spacial score (nSPS) is 15.4. The molecule has 3 N–H and O–H groups in total. The summed E-state index contributed by atoms with van der Waals surface area (Å²) in [4.78, 5) is 16.8. The summed E-state index contributed by atoms with van der Waals surface area (Å²) in [5.74, 6) is 0.618. The SMILES string of the molecule is I.NC(=NCc1cc2ccccc2[nH]1)N1CCN(c2nccs2)CC1. The third kappa shape index (κ3) is 4.06. The Balaban J connectivity index is 0.00000182. The Labute approximate surface area is 167 Å². The summed E-state index contributed by atoms with van der Waals surface area (Å²) in [5, 5.41) is 4.30. The zero-order valence-electron chi connectivity index (χ0n) is 13.8. The number of hydrogen-bond acceptors (Lipinski definition) is 4. The van der Waals surface area contributed by atoms with Crippen molar-refractivity contribution in [2.24, 2.45) is 10.7 Å². The van der Waals surface area contributed by atoms with E-state index in [9.17, 15) is 0 Å². The number of fused-ring (bicyclic) bond motifs is 1. The van der Waals surface area contributed by atoms with E-state index in [0.717, 1.165) is 42.5 Å². The topological polar surface area (TPSA) is 73.5 Å². The van der Waals surface area contributed by atoms with Crippen molar-refractivity contribution in [2.75, 3.05) is 31.1 Å². The van der Waals surface area contributed by atoms with Crippen LogP contribution in [0.15, 0.2) is 46.9 Å². The summed E-state index contributed by atoms with van der Waals surface area (Å²) in [6, 6.07) is 10.4. The molecule has 0 amide bonds. The van der Waals surface area contributed by atoms with Crippen LogP contribution in [0.3, 0.4) is 0 Å². The standard InChI is InChI=1S/C17H20N6S.HI/c18-16(20-12-14-11-13-3-1-2-4-15(13)21-14)22-6-8-23(9-7-22)17-19-5-10-24-17;/h1-5,10-11,21H,6-9,12H2,(H2,18,20);1H. The number of H-pyrrole nitrogens is 1. The van der Waals surface area contributed by atoms with Crippen LogP contribution in [0.4, 0.5) is 5.13 Å². The summed E-state index contributed by atoms with van der Waals surface area (Å²) in [6.45, 7) is 4.18. The molecule has 1 fully saturated rings. The number of guanidine groups is 1. The second-order valence-electron chi connectivity index (χ2n) is 5.85. The van der Waals surface area contributed by atoms with E-state index < -0.39 is 0 Å². The molecule has 0 saturated carbocycles. The van der Waals surface area contributed by atoms with Crippen LogP contribution in [-0.4, -0.2) is 47.0 Å². The Hall–Kier alpha value is -1.81. The number of benzene rings is 1. The van der Waals surface area contributed by atoms with Gasteiger partial charge in [-0.3, -0.25) is 0 Å². The largest absolute Gasteiger partial charge is 0.370 e. The lowest BCUT2D eigenvalue weighted by Crippen LogP contribution is -2.51. The van der Waals surface area contributed by atoms with Crippen molar-refractivity contribution in [1.82, 2.24) is 14.9 Å². The maximum absolute atomic E-state index is 6.19. The molecule has 2 aromatic heterocycles. The molecule has 0 unspecified atom stereocenters. The van der Waals surface area contributed by atoms with Gasteiger partial charge in [0.25, 0.3) is 0 Å². The molecule has 1 aliphatic heterocycles. The Kier molecular flexibility index (Phi) is 5.79. The molecule has 0 spiro atoms. The van der Waals surface area contributed by atoms with Crippen molar-refractivity contribution in [3.63, 3.8) is 0 Å². The summed E-state index contributed by atoms with van der Waals surface area (Å²) >= 11 is 1.68. The first kappa shape index (κ1) is 18.0. The van der Waals surface area contributed by atoms with E-state index in [2.05, 4.69) is 43.0 Å². The highest BCUT2D eigenvalue weighted by molar-refractivity contribution is 14.0. The molecule has 3 heterocycles. The van der Waals surface area contributed by atoms with Crippen LogP contribution in [0.5, 0.6) is 0 Å². The number of nitrogens with one attached hydrogen (secondary N) is 1. The van der Waals surface area contributed by atoms with Gasteiger partial charge in [-0.1, -0.05) is 18.2 Å². The maximum atomic E-state index is 6.19. The molecule has 132 valence electrons. The molecule has 3 aromatic rings. The number of aromatic amines is 1. The first-order valence-corrected chi connectivity index (χ1v) is 8.93. The van der Waals surface area contributed by atoms with Gasteiger partial charge in [-0.05, 0) is 17.5 Å². The molecule has 0 bridgehead atoms. The minimum absolute atomic E-state index is 0. The van der Waals surface area contributed by atoms with Crippen molar-refractivity contribution in [3.8, 4) is 0 Å². The van der Waals surface area contributed by atoms with E-state index in [1.54, 1.807) is 11.3 Å². The molecule has 0 aliphatic carbocycles. The summed E-state index contributed by atoms with van der Waals surface area (Å²) < 4.78 is 0. The Bertz CT molecular complexity index is 803. The van der Waals surface area contributed by atoms with Crippen molar-refractivity contribution in [1.29, 1.82) is 0 Å². The number of aromatic nitrogens is 2. The number of para-hydroxylation sites is 1. The van der Waals surface area contributed by atoms with Gasteiger partial charge in [0.1, 0.15) is 0 Å². The highest BCUT2D eigenvalue weighted by atomic mass is 127. The van der Waals surface area contributed by atoms with Gasteiger partial charge in [-0.25, -0.2) is 9.98 Å². The molecule has 0 atom stereocenters. The third-order valence-corrected chi connectivity index (χ3v) is 5.12. The van der Waals surface area contributed by atoms with Crippen LogP contribution in [0.25, 0.3) is 10.9 Å². The van der Waals surface area contributed by atoms with Crippen molar-refractivity contribution >= 4 is 57.3 Å². The fourth-order valence-corrected chi connectivity index (χ4v) is 3.68. The predicted molar refractivity (Wildman–Crippen MR) is 115 cm³/mol. The lowest BCUT2D eigenvalue weighted by atomic mass is 10.2. The van der Waals surface area contributed by atoms with Gasteiger partial charge in [0, 0.05) is 49.0 Å². The quantitative estimate of drug-likeness (QED) is 0.352. The van der Waals surface area contributed by atoms with Gasteiger partial charge in [0.2, 0.25) is 0 Å². The molecule has 1 saturated heterocycles. The third-order valence-electron chi connectivity index (χ3n) is 4.29. The van der Waals surface area contributed by atoms with Gasteiger partial charge >= 0.3 is 0 Å². The Morgan fingerprint density at radius 3 is 2.76 bits per heavy atom. The minimum atomic E-state index is 0. The fraction of sp³-hybridized carbons (Fsp3) is 0.294. The van der Waals surface area contributed by atoms with Gasteiger partial charge in [-0.2, -0.15) is 0 Å². The van der Waals surface area contributed by atoms with Crippen LogP contribution in [0, 0.1) is 0 Å². The van der Waals surface area contributed by atoms with Crippen LogP contribution in [0.1, 0.15) is 5.69 Å². The van der Waals surface area contributed by atoms with Gasteiger partial charge < -0.3 is 20.5 Å². The van der Waals surface area contributed by atoms with Gasteiger partial charge in [0.05, 0.1) is 6.54 Å². The van der Waals surface area contributed by atoms with E-state index in [0.29, 0.717) is 12.5 Å². The zero-order chi connectivity index (χ0) is 16.4. The molecule has 0 radical (unpaired) electrons. The molecule has 1 aliphatic rings. The minimum Gasteiger partial charge on any atom is -0.370 e. The average molecular weight is 468 g/mol. The molecular weight excluding hydrogens is 447 g/mol. The molecule has 6 nitrogen and oxygen atoms in total. The second kappa shape index (κ2) is 8.05. The number of thiazole rings is 1. The van der Waals surface area contributed by atoms with Crippen molar-refractivity contribution < 1.29 is 0 Å². The number of hydrogen-bond donors (Lipinski definition) is 2. The Morgan fingerprint density at radius 2 is 2.04 bits per heavy atom. The molecule has 1 aromatic carbocycles. The fourth-order valence-electron chi connectivity index (χ4n) is 2.98. The van der Waals surface area contributed by atoms with Gasteiger partial charge in [0.15, 0.2) is 11.1 Å². The second-order valence-corrected chi connectivity index (χ2v) is 6.72. The Morgan fingerprint density at radius 1 is 1.24 bits per heavy atom. The summed E-state index contributed by atoms with van der Waals surface area (Å²) in [7, 11) is 0. The number of piperazine rings is 1. The van der Waals surface area contributed by atoms with E-state index in [1.807, 2.05) is 23.7 Å². The van der Waals surface area contributed by atoms with Crippen LogP contribution in [0.2, 0.25) is 0 Å². The van der Waals surface area contributed by atoms with E-state index >= 15 is 0 Å². The predicted octanol–water partition coefficient (Wildman–Crippen LogP) is 2.88. The van der Waals surface area contributed by atoms with E-state index in [-0.39, 0.29) is 24.0 Å². The number of nitrogens with zero attached hydrogens (tertiary/aromatic N) is 4. The summed E-state index contributed by atoms with van der Waals surface area (Å²) in [6.07, 6.45) is 1.85. The lowest BCUT2D eigenvalue weighted by molar-refractivity contribution is 0.380. The molecule has 8 heteroatoms. The maximum Gasteiger partial charge on any atom is 0.191 e. The number of anilines is 1. The lowest BCUT2D eigenvalue weighted by Gasteiger charge is -2.35. The summed E-state index contributed by atoms with van der Waals surface area (Å²) in [5.41, 5.74) is 8.41. The number of halogens is 1. The first-order valence-electron chi connectivity index (χ1n) is 8.05. The molecular formula is C17H21IN6S. The first-order chi connectivity index (χ1) is 11.8. The van der Waals surface area contributed by atoms with Crippen LogP contribution in [-0.2, 0) is 6.54 Å². The van der Waals surface area contributed by atoms with Gasteiger partial charge in [-0.15, -0.1) is 35.3 Å². The van der Waals surface area contributed by atoms with Crippen LogP contribution >= 0.6 is 35.3 Å². The zero-order valence-corrected chi connectivity index (χ0v) is 16.9.